The molecular weight excluding hydrogens is 270 g/mol. The first-order valence-corrected chi connectivity index (χ1v) is 6.83. The summed E-state index contributed by atoms with van der Waals surface area (Å²) >= 11 is 0. The summed E-state index contributed by atoms with van der Waals surface area (Å²) in [4.78, 5) is 20.2. The smallest absolute Gasteiger partial charge is 0.274 e. The van der Waals surface area contributed by atoms with Gasteiger partial charge >= 0.3 is 0 Å². The van der Waals surface area contributed by atoms with Crippen molar-refractivity contribution < 1.29 is 18.1 Å². The summed E-state index contributed by atoms with van der Waals surface area (Å²) in [6.45, 7) is 1.56. The molecule has 8 heteroatoms. The number of benzene rings is 1. The van der Waals surface area contributed by atoms with E-state index in [2.05, 4.69) is 0 Å². The molecule has 0 aliphatic rings. The number of nitro groups is 1. The van der Waals surface area contributed by atoms with E-state index in [4.69, 9.17) is 10.7 Å². The lowest BCUT2D eigenvalue weighted by atomic mass is 10.1. The first kappa shape index (κ1) is 13.6. The summed E-state index contributed by atoms with van der Waals surface area (Å²) in [6, 6.07) is 2.05. The van der Waals surface area contributed by atoms with Gasteiger partial charge in [0.15, 0.2) is 0 Å². The van der Waals surface area contributed by atoms with Gasteiger partial charge in [-0.3, -0.25) is 14.9 Å². The molecular formula is C9H8ClNO5S. The van der Waals surface area contributed by atoms with Crippen molar-refractivity contribution in [1.82, 2.24) is 0 Å². The van der Waals surface area contributed by atoms with Gasteiger partial charge in [-0.05, 0) is 12.5 Å². The minimum Gasteiger partial charge on any atom is -0.298 e. The first-order valence-electron chi connectivity index (χ1n) is 4.52. The van der Waals surface area contributed by atoms with Crippen LogP contribution in [0.4, 0.5) is 5.69 Å². The van der Waals surface area contributed by atoms with Gasteiger partial charge in [0.1, 0.15) is 6.29 Å². The van der Waals surface area contributed by atoms with Crippen LogP contribution in [0.15, 0.2) is 17.0 Å². The summed E-state index contributed by atoms with van der Waals surface area (Å²) in [5.41, 5.74) is -0.528. The zero-order valence-corrected chi connectivity index (χ0v) is 10.3. The number of carbonyl (C=O) groups is 1. The second-order valence-corrected chi connectivity index (χ2v) is 5.72. The van der Waals surface area contributed by atoms with Crippen molar-refractivity contribution in [1.29, 1.82) is 0 Å². The number of hydrogen-bond acceptors (Lipinski definition) is 5. The Labute approximate surface area is 102 Å². The first-order chi connectivity index (χ1) is 7.81. The zero-order chi connectivity index (χ0) is 13.2. The summed E-state index contributed by atoms with van der Waals surface area (Å²) < 4.78 is 22.6. The predicted molar refractivity (Wildman–Crippen MR) is 60.9 cm³/mol. The van der Waals surface area contributed by atoms with Crippen LogP contribution in [0.1, 0.15) is 22.8 Å². The number of nitro benzene ring substituents is 1. The van der Waals surface area contributed by atoms with Crippen LogP contribution in [0.3, 0.4) is 0 Å². The largest absolute Gasteiger partial charge is 0.298 e. The third-order valence-electron chi connectivity index (χ3n) is 2.16. The van der Waals surface area contributed by atoms with Crippen LogP contribution >= 0.6 is 10.7 Å². The van der Waals surface area contributed by atoms with Crippen LogP contribution in [0, 0.1) is 10.1 Å². The highest BCUT2D eigenvalue weighted by Gasteiger charge is 2.24. The molecule has 0 saturated carbocycles. The van der Waals surface area contributed by atoms with Gasteiger partial charge in [-0.15, -0.1) is 0 Å². The average Bonchev–Trinajstić information content (AvgIpc) is 2.25. The quantitative estimate of drug-likeness (QED) is 0.362. The minimum atomic E-state index is -4.13. The molecule has 92 valence electrons. The molecule has 0 N–H and O–H groups in total. The van der Waals surface area contributed by atoms with Crippen LogP contribution in [0.5, 0.6) is 0 Å². The lowest BCUT2D eigenvalue weighted by Crippen LogP contribution is -2.04. The van der Waals surface area contributed by atoms with Gasteiger partial charge in [0, 0.05) is 27.9 Å². The van der Waals surface area contributed by atoms with Crippen molar-refractivity contribution in [3.05, 3.63) is 33.4 Å². The third kappa shape index (κ3) is 2.80. The average molecular weight is 278 g/mol. The lowest BCUT2D eigenvalue weighted by molar-refractivity contribution is -0.385. The molecule has 0 spiro atoms. The zero-order valence-electron chi connectivity index (χ0n) is 8.71. The topological polar surface area (TPSA) is 94.3 Å². The molecule has 0 aliphatic carbocycles. The second-order valence-electron chi connectivity index (χ2n) is 3.18. The molecule has 1 aromatic rings. The molecule has 0 atom stereocenters. The number of aldehydes is 1. The number of carbonyl (C=O) groups excluding carboxylic acids is 1. The summed E-state index contributed by atoms with van der Waals surface area (Å²) in [6.07, 6.45) is 0.453. The Morgan fingerprint density at radius 2 is 2.06 bits per heavy atom. The Balaban J connectivity index is 3.75. The van der Waals surface area contributed by atoms with Gasteiger partial charge in [0.05, 0.1) is 9.82 Å². The highest BCUT2D eigenvalue weighted by Crippen LogP contribution is 2.30. The molecule has 0 saturated heterocycles. The van der Waals surface area contributed by atoms with Gasteiger partial charge < -0.3 is 0 Å². The predicted octanol–water partition coefficient (Wildman–Crippen LogP) is 1.90. The molecule has 0 amide bonds. The van der Waals surface area contributed by atoms with E-state index in [0.717, 1.165) is 12.1 Å². The number of nitrogens with zero attached hydrogens (tertiary/aromatic N) is 1. The fourth-order valence-corrected chi connectivity index (χ4v) is 2.69. The fourth-order valence-electron chi connectivity index (χ4n) is 1.46. The SMILES string of the molecule is CCc1c([N+](=O)[O-])cc(C=O)cc1S(=O)(=O)Cl. The van der Waals surface area contributed by atoms with E-state index >= 15 is 0 Å². The number of halogens is 1. The van der Waals surface area contributed by atoms with Gasteiger partial charge in [-0.2, -0.15) is 0 Å². The number of hydrogen-bond donors (Lipinski definition) is 0. The standard InChI is InChI=1S/C9H8ClNO5S/c1-2-7-8(11(13)14)3-6(5-12)4-9(7)17(10,15)16/h3-5H,2H2,1H3. The molecule has 0 unspecified atom stereocenters. The second kappa shape index (κ2) is 4.80. The van der Waals surface area contributed by atoms with Crippen LogP contribution in [-0.2, 0) is 15.5 Å². The van der Waals surface area contributed by atoms with E-state index in [1.165, 1.54) is 0 Å². The van der Waals surface area contributed by atoms with Crippen molar-refractivity contribution >= 4 is 31.7 Å². The van der Waals surface area contributed by atoms with Gasteiger partial charge in [-0.25, -0.2) is 8.42 Å². The highest BCUT2D eigenvalue weighted by molar-refractivity contribution is 8.13. The molecule has 0 aromatic heterocycles. The minimum absolute atomic E-state index is 0.00407. The molecule has 0 fully saturated rings. The van der Waals surface area contributed by atoms with E-state index < -0.39 is 24.6 Å². The molecule has 0 bridgehead atoms. The lowest BCUT2D eigenvalue weighted by Gasteiger charge is -2.06. The summed E-state index contributed by atoms with van der Waals surface area (Å²) in [7, 11) is 1.06. The van der Waals surface area contributed by atoms with E-state index in [1.54, 1.807) is 6.92 Å². The van der Waals surface area contributed by atoms with E-state index in [0.29, 0.717) is 6.29 Å². The molecule has 0 heterocycles. The summed E-state index contributed by atoms with van der Waals surface area (Å²) in [5, 5.41) is 10.8. The monoisotopic (exact) mass is 277 g/mol. The van der Waals surface area contributed by atoms with Crippen molar-refractivity contribution in [2.45, 2.75) is 18.2 Å². The summed E-state index contributed by atoms with van der Waals surface area (Å²) in [5.74, 6) is 0. The molecule has 0 aliphatic heterocycles. The molecule has 1 rings (SSSR count). The van der Waals surface area contributed by atoms with Gasteiger partial charge in [-0.1, -0.05) is 6.92 Å². The van der Waals surface area contributed by atoms with E-state index in [-0.39, 0.29) is 17.5 Å². The Hall–Kier alpha value is -1.47. The Bertz CT molecular complexity index is 581. The van der Waals surface area contributed by atoms with Crippen LogP contribution in [0.2, 0.25) is 0 Å². The Morgan fingerprint density at radius 1 is 1.47 bits per heavy atom. The Morgan fingerprint density at radius 3 is 2.41 bits per heavy atom. The maximum absolute atomic E-state index is 11.3. The van der Waals surface area contributed by atoms with Crippen molar-refractivity contribution in [3.8, 4) is 0 Å². The maximum atomic E-state index is 11.3. The third-order valence-corrected chi connectivity index (χ3v) is 3.55. The van der Waals surface area contributed by atoms with Crippen LogP contribution in [0.25, 0.3) is 0 Å². The van der Waals surface area contributed by atoms with Crippen LogP contribution < -0.4 is 0 Å². The molecule has 1 aromatic carbocycles. The normalized spacial score (nSPS) is 11.2. The fraction of sp³-hybridized carbons (Fsp3) is 0.222. The van der Waals surface area contributed by atoms with Crippen molar-refractivity contribution in [2.75, 3.05) is 0 Å². The van der Waals surface area contributed by atoms with Crippen LogP contribution in [-0.4, -0.2) is 19.6 Å². The van der Waals surface area contributed by atoms with E-state index in [1.807, 2.05) is 0 Å². The highest BCUT2D eigenvalue weighted by atomic mass is 35.7. The Kier molecular flexibility index (Phi) is 3.84. The van der Waals surface area contributed by atoms with Gasteiger partial charge in [0.25, 0.3) is 14.7 Å². The van der Waals surface area contributed by atoms with Crippen molar-refractivity contribution in [2.24, 2.45) is 0 Å². The number of rotatable bonds is 4. The maximum Gasteiger partial charge on any atom is 0.274 e. The van der Waals surface area contributed by atoms with E-state index in [9.17, 15) is 23.3 Å². The molecule has 17 heavy (non-hydrogen) atoms. The molecule has 6 nitrogen and oxygen atoms in total. The molecule has 0 radical (unpaired) electrons. The van der Waals surface area contributed by atoms with Crippen molar-refractivity contribution in [3.63, 3.8) is 0 Å². The van der Waals surface area contributed by atoms with Gasteiger partial charge in [0.2, 0.25) is 0 Å².